The Balaban J connectivity index is 1.78. The normalized spacial score (nSPS) is 22.6. The van der Waals surface area contributed by atoms with Gasteiger partial charge in [-0.1, -0.05) is 0 Å². The Morgan fingerprint density at radius 2 is 2.17 bits per heavy atom. The number of carbonyl (C=O) groups excluding carboxylic acids is 1. The van der Waals surface area contributed by atoms with Crippen molar-refractivity contribution in [2.75, 3.05) is 12.3 Å². The standard InChI is InChI=1S/C13H17F3N4O3/c1-7(3-13(14,15)16)20-12(21)23-9-2-10(22-6-9)8-4-18-11(17)19-5-8/h4-5,7,9-10H,2-3,6H2,1H3,(H,20,21)(H2,17,18,19)/t7-,9+,10+/m0/s1. The molecule has 0 bridgehead atoms. The molecule has 1 aliphatic heterocycles. The van der Waals surface area contributed by atoms with E-state index in [1.54, 1.807) is 0 Å². The molecule has 3 atom stereocenters. The molecule has 0 unspecified atom stereocenters. The number of alkyl halides is 3. The summed E-state index contributed by atoms with van der Waals surface area (Å²) in [6.45, 7) is 1.41. The summed E-state index contributed by atoms with van der Waals surface area (Å²) in [6, 6.07) is -1.06. The molecule has 10 heteroatoms. The Morgan fingerprint density at radius 3 is 2.78 bits per heavy atom. The van der Waals surface area contributed by atoms with E-state index in [0.717, 1.165) is 0 Å². The highest BCUT2D eigenvalue weighted by Crippen LogP contribution is 2.29. The van der Waals surface area contributed by atoms with Gasteiger partial charge in [0.2, 0.25) is 5.95 Å². The van der Waals surface area contributed by atoms with Crippen LogP contribution in [0.1, 0.15) is 31.4 Å². The smallest absolute Gasteiger partial charge is 0.407 e. The third kappa shape index (κ3) is 5.55. The molecule has 0 saturated carbocycles. The van der Waals surface area contributed by atoms with E-state index in [4.69, 9.17) is 15.2 Å². The van der Waals surface area contributed by atoms with Crippen LogP contribution in [0.2, 0.25) is 0 Å². The molecule has 1 fully saturated rings. The molecule has 0 aromatic carbocycles. The molecule has 1 saturated heterocycles. The van der Waals surface area contributed by atoms with Gasteiger partial charge in [0.25, 0.3) is 0 Å². The maximum atomic E-state index is 12.2. The van der Waals surface area contributed by atoms with E-state index in [2.05, 4.69) is 15.3 Å². The van der Waals surface area contributed by atoms with Crippen LogP contribution in [0, 0.1) is 0 Å². The Hall–Kier alpha value is -2.10. The van der Waals surface area contributed by atoms with Gasteiger partial charge in [-0.2, -0.15) is 13.2 Å². The van der Waals surface area contributed by atoms with Crippen LogP contribution in [0.4, 0.5) is 23.9 Å². The fourth-order valence-electron chi connectivity index (χ4n) is 2.21. The van der Waals surface area contributed by atoms with E-state index in [0.29, 0.717) is 12.0 Å². The van der Waals surface area contributed by atoms with Gasteiger partial charge in [0.05, 0.1) is 19.1 Å². The van der Waals surface area contributed by atoms with Crippen molar-refractivity contribution in [1.82, 2.24) is 15.3 Å². The second kappa shape index (κ2) is 6.99. The van der Waals surface area contributed by atoms with Gasteiger partial charge in [0, 0.05) is 30.4 Å². The van der Waals surface area contributed by atoms with Crippen LogP contribution in [-0.2, 0) is 9.47 Å². The SMILES string of the molecule is C[C@@H](CC(F)(F)F)NC(=O)O[C@H]1CO[C@@H](c2cnc(N)nc2)C1. The number of rotatable bonds is 4. The van der Waals surface area contributed by atoms with Gasteiger partial charge in [-0.15, -0.1) is 0 Å². The number of nitrogens with zero attached hydrogens (tertiary/aromatic N) is 2. The first kappa shape index (κ1) is 17.3. The van der Waals surface area contributed by atoms with Gasteiger partial charge in [-0.05, 0) is 6.92 Å². The van der Waals surface area contributed by atoms with Gasteiger partial charge in [-0.3, -0.25) is 0 Å². The van der Waals surface area contributed by atoms with Crippen molar-refractivity contribution in [2.45, 2.75) is 44.2 Å². The quantitative estimate of drug-likeness (QED) is 0.873. The molecule has 2 rings (SSSR count). The molecule has 3 N–H and O–H groups in total. The van der Waals surface area contributed by atoms with Gasteiger partial charge in [0.1, 0.15) is 6.10 Å². The Bertz CT molecular complexity index is 538. The molecule has 1 aromatic rings. The minimum Gasteiger partial charge on any atom is -0.444 e. The van der Waals surface area contributed by atoms with E-state index >= 15 is 0 Å². The zero-order valence-corrected chi connectivity index (χ0v) is 12.3. The number of carbonyl (C=O) groups is 1. The maximum absolute atomic E-state index is 12.2. The lowest BCUT2D eigenvalue weighted by molar-refractivity contribution is -0.138. The lowest BCUT2D eigenvalue weighted by atomic mass is 10.1. The number of halogens is 3. The van der Waals surface area contributed by atoms with Crippen molar-refractivity contribution in [1.29, 1.82) is 0 Å². The van der Waals surface area contributed by atoms with Crippen LogP contribution in [0.15, 0.2) is 12.4 Å². The molecule has 1 aromatic heterocycles. The molecule has 1 amide bonds. The number of aromatic nitrogens is 2. The lowest BCUT2D eigenvalue weighted by Crippen LogP contribution is -2.38. The molecule has 0 radical (unpaired) electrons. The highest BCUT2D eigenvalue weighted by Gasteiger charge is 2.33. The minimum atomic E-state index is -4.34. The number of hydrogen-bond acceptors (Lipinski definition) is 6. The monoisotopic (exact) mass is 334 g/mol. The topological polar surface area (TPSA) is 99.4 Å². The van der Waals surface area contributed by atoms with Crippen LogP contribution in [0.3, 0.4) is 0 Å². The number of alkyl carbamates (subject to hydrolysis) is 1. The number of anilines is 1. The first-order valence-corrected chi connectivity index (χ1v) is 6.96. The van der Waals surface area contributed by atoms with E-state index in [1.807, 2.05) is 0 Å². The molecule has 1 aliphatic rings. The van der Waals surface area contributed by atoms with Gasteiger partial charge in [-0.25, -0.2) is 14.8 Å². The summed E-state index contributed by atoms with van der Waals surface area (Å²) in [5, 5.41) is 2.15. The summed E-state index contributed by atoms with van der Waals surface area (Å²) in [7, 11) is 0. The van der Waals surface area contributed by atoms with Crippen molar-refractivity contribution in [3.63, 3.8) is 0 Å². The van der Waals surface area contributed by atoms with Crippen molar-refractivity contribution in [2.24, 2.45) is 0 Å². The van der Waals surface area contributed by atoms with Crippen LogP contribution < -0.4 is 11.1 Å². The van der Waals surface area contributed by atoms with E-state index in [-0.39, 0.29) is 18.7 Å². The molecule has 128 valence electrons. The average Bonchev–Trinajstić information content (AvgIpc) is 2.85. The summed E-state index contributed by atoms with van der Waals surface area (Å²) in [4.78, 5) is 19.3. The van der Waals surface area contributed by atoms with Gasteiger partial charge in [0.15, 0.2) is 0 Å². The average molecular weight is 334 g/mol. The van der Waals surface area contributed by atoms with Crippen molar-refractivity contribution in [3.8, 4) is 0 Å². The zero-order chi connectivity index (χ0) is 17.0. The first-order chi connectivity index (χ1) is 10.7. The highest BCUT2D eigenvalue weighted by atomic mass is 19.4. The highest BCUT2D eigenvalue weighted by molar-refractivity contribution is 5.67. The third-order valence-electron chi connectivity index (χ3n) is 3.20. The number of hydrogen-bond donors (Lipinski definition) is 2. The maximum Gasteiger partial charge on any atom is 0.407 e. The van der Waals surface area contributed by atoms with Gasteiger partial charge >= 0.3 is 12.3 Å². The van der Waals surface area contributed by atoms with Crippen molar-refractivity contribution >= 4 is 12.0 Å². The summed E-state index contributed by atoms with van der Waals surface area (Å²) in [5.74, 6) is 0.137. The second-order valence-corrected chi connectivity index (χ2v) is 5.32. The molecule has 0 aliphatic carbocycles. The summed E-state index contributed by atoms with van der Waals surface area (Å²) < 4.78 is 47.1. The summed E-state index contributed by atoms with van der Waals surface area (Å²) in [5.41, 5.74) is 6.08. The van der Waals surface area contributed by atoms with Crippen LogP contribution in [-0.4, -0.2) is 41.0 Å². The number of nitrogens with two attached hydrogens (primary N) is 1. The Kier molecular flexibility index (Phi) is 5.24. The third-order valence-corrected chi connectivity index (χ3v) is 3.20. The molecule has 23 heavy (non-hydrogen) atoms. The predicted octanol–water partition coefficient (Wildman–Crippen LogP) is 1.96. The molecule has 0 spiro atoms. The van der Waals surface area contributed by atoms with E-state index < -0.39 is 30.8 Å². The zero-order valence-electron chi connectivity index (χ0n) is 12.3. The predicted molar refractivity (Wildman–Crippen MR) is 73.3 cm³/mol. The number of amides is 1. The summed E-state index contributed by atoms with van der Waals surface area (Å²) >= 11 is 0. The van der Waals surface area contributed by atoms with Crippen molar-refractivity contribution in [3.05, 3.63) is 18.0 Å². The molecule has 2 heterocycles. The van der Waals surface area contributed by atoms with Crippen LogP contribution in [0.5, 0.6) is 0 Å². The fourth-order valence-corrected chi connectivity index (χ4v) is 2.21. The lowest BCUT2D eigenvalue weighted by Gasteiger charge is -2.17. The number of ether oxygens (including phenoxy) is 2. The fraction of sp³-hybridized carbons (Fsp3) is 0.615. The largest absolute Gasteiger partial charge is 0.444 e. The van der Waals surface area contributed by atoms with E-state index in [1.165, 1.54) is 19.3 Å². The Labute approximate surface area is 130 Å². The number of nitrogens with one attached hydrogen (secondary N) is 1. The van der Waals surface area contributed by atoms with Gasteiger partial charge < -0.3 is 20.5 Å². The van der Waals surface area contributed by atoms with Crippen LogP contribution >= 0.6 is 0 Å². The molecule has 7 nitrogen and oxygen atoms in total. The second-order valence-electron chi connectivity index (χ2n) is 5.32. The Morgan fingerprint density at radius 1 is 1.52 bits per heavy atom. The molecular weight excluding hydrogens is 317 g/mol. The van der Waals surface area contributed by atoms with E-state index in [9.17, 15) is 18.0 Å². The van der Waals surface area contributed by atoms with Crippen LogP contribution in [0.25, 0.3) is 0 Å². The first-order valence-electron chi connectivity index (χ1n) is 6.96. The number of nitrogen functional groups attached to an aromatic ring is 1. The van der Waals surface area contributed by atoms with Crippen molar-refractivity contribution < 1.29 is 27.4 Å². The molecular formula is C13H17F3N4O3. The minimum absolute atomic E-state index is 0.137. The summed E-state index contributed by atoms with van der Waals surface area (Å²) in [6.07, 6.45) is -3.85.